The van der Waals surface area contributed by atoms with Gasteiger partial charge in [-0.3, -0.25) is 10.1 Å². The van der Waals surface area contributed by atoms with Crippen LogP contribution in [0.4, 0.5) is 11.9 Å². The standard InChI is InChI=1S/C19H17N5O/c1-13(25)20-18-22-19-21-16(14-8-4-2-5-9-14)12-17(24(19)23-18)15-10-6-3-7-11-15/h2-12,17H,1H3,(H2,20,21,22,23,25)/t17-/m0/s1. The largest absolute Gasteiger partial charge is 0.324 e. The molecule has 25 heavy (non-hydrogen) atoms. The van der Waals surface area contributed by atoms with Crippen LogP contribution in [0.15, 0.2) is 66.7 Å². The number of fused-ring (bicyclic) bond motifs is 1. The van der Waals surface area contributed by atoms with Gasteiger partial charge in [-0.15, -0.1) is 5.10 Å². The van der Waals surface area contributed by atoms with Crippen molar-refractivity contribution in [2.75, 3.05) is 10.6 Å². The number of carbonyl (C=O) groups is 1. The van der Waals surface area contributed by atoms with Crippen LogP contribution in [0.2, 0.25) is 0 Å². The molecular weight excluding hydrogens is 314 g/mol. The summed E-state index contributed by atoms with van der Waals surface area (Å²) < 4.78 is 1.78. The summed E-state index contributed by atoms with van der Waals surface area (Å²) in [4.78, 5) is 15.7. The monoisotopic (exact) mass is 331 g/mol. The molecule has 1 aliphatic heterocycles. The van der Waals surface area contributed by atoms with Gasteiger partial charge >= 0.3 is 0 Å². The molecule has 0 saturated heterocycles. The molecule has 6 nitrogen and oxygen atoms in total. The fourth-order valence-electron chi connectivity index (χ4n) is 2.88. The molecule has 1 aliphatic rings. The molecule has 3 aromatic rings. The van der Waals surface area contributed by atoms with Crippen LogP contribution in [0.1, 0.15) is 24.1 Å². The minimum atomic E-state index is -0.199. The number of allylic oxidation sites excluding steroid dienone is 1. The average Bonchev–Trinajstić information content (AvgIpc) is 3.04. The highest BCUT2D eigenvalue weighted by molar-refractivity contribution is 5.87. The van der Waals surface area contributed by atoms with E-state index in [0.29, 0.717) is 11.9 Å². The first-order valence-corrected chi connectivity index (χ1v) is 8.04. The summed E-state index contributed by atoms with van der Waals surface area (Å²) in [6.07, 6.45) is 2.11. The molecule has 124 valence electrons. The topological polar surface area (TPSA) is 71.8 Å². The van der Waals surface area contributed by atoms with Crippen molar-refractivity contribution in [2.45, 2.75) is 13.0 Å². The van der Waals surface area contributed by atoms with E-state index in [0.717, 1.165) is 16.8 Å². The van der Waals surface area contributed by atoms with Gasteiger partial charge in [-0.05, 0) is 17.2 Å². The predicted octanol–water partition coefficient (Wildman–Crippen LogP) is 3.29. The predicted molar refractivity (Wildman–Crippen MR) is 96.9 cm³/mol. The van der Waals surface area contributed by atoms with E-state index in [1.165, 1.54) is 6.92 Å². The Bertz CT molecular complexity index is 931. The molecule has 0 unspecified atom stereocenters. The number of amides is 1. The molecule has 0 saturated carbocycles. The lowest BCUT2D eigenvalue weighted by Crippen LogP contribution is -2.20. The minimum Gasteiger partial charge on any atom is -0.324 e. The number of benzene rings is 2. The van der Waals surface area contributed by atoms with Gasteiger partial charge in [0, 0.05) is 12.6 Å². The molecule has 0 radical (unpaired) electrons. The van der Waals surface area contributed by atoms with Crippen LogP contribution >= 0.6 is 0 Å². The zero-order valence-corrected chi connectivity index (χ0v) is 13.7. The molecule has 6 heteroatoms. The highest BCUT2D eigenvalue weighted by Crippen LogP contribution is 2.32. The highest BCUT2D eigenvalue weighted by Gasteiger charge is 2.25. The first kappa shape index (κ1) is 15.1. The average molecular weight is 331 g/mol. The van der Waals surface area contributed by atoms with Crippen LogP contribution in [-0.2, 0) is 4.79 Å². The molecule has 2 N–H and O–H groups in total. The van der Waals surface area contributed by atoms with E-state index in [1.54, 1.807) is 4.68 Å². The van der Waals surface area contributed by atoms with E-state index in [2.05, 4.69) is 38.9 Å². The minimum absolute atomic E-state index is 0.109. The van der Waals surface area contributed by atoms with E-state index < -0.39 is 0 Å². The summed E-state index contributed by atoms with van der Waals surface area (Å²) in [5, 5.41) is 10.4. The molecule has 0 bridgehead atoms. The van der Waals surface area contributed by atoms with Gasteiger partial charge in [0.15, 0.2) is 0 Å². The molecule has 0 aliphatic carbocycles. The Morgan fingerprint density at radius 2 is 1.76 bits per heavy atom. The molecule has 0 spiro atoms. The molecule has 1 atom stereocenters. The summed E-state index contributed by atoms with van der Waals surface area (Å²) in [5.74, 6) is 0.688. The van der Waals surface area contributed by atoms with Gasteiger partial charge in [0.2, 0.25) is 11.9 Å². The third-order valence-electron chi connectivity index (χ3n) is 3.98. The molecule has 0 fully saturated rings. The molecule has 1 amide bonds. The van der Waals surface area contributed by atoms with Crippen molar-refractivity contribution in [1.82, 2.24) is 14.8 Å². The smallest absolute Gasteiger partial charge is 0.250 e. The van der Waals surface area contributed by atoms with Gasteiger partial charge in [0.05, 0.1) is 0 Å². The third kappa shape index (κ3) is 3.01. The summed E-state index contributed by atoms with van der Waals surface area (Å²) in [5.41, 5.74) is 3.13. The lowest BCUT2D eigenvalue weighted by Gasteiger charge is -2.24. The van der Waals surface area contributed by atoms with Crippen LogP contribution in [-0.4, -0.2) is 20.7 Å². The Labute approximate surface area is 145 Å². The van der Waals surface area contributed by atoms with Gasteiger partial charge in [-0.1, -0.05) is 60.7 Å². The highest BCUT2D eigenvalue weighted by atomic mass is 16.1. The van der Waals surface area contributed by atoms with Crippen molar-refractivity contribution < 1.29 is 4.79 Å². The van der Waals surface area contributed by atoms with Gasteiger partial charge < -0.3 is 5.32 Å². The number of aromatic nitrogens is 3. The van der Waals surface area contributed by atoms with E-state index in [-0.39, 0.29) is 11.9 Å². The first-order valence-electron chi connectivity index (χ1n) is 8.04. The van der Waals surface area contributed by atoms with E-state index in [9.17, 15) is 4.79 Å². The van der Waals surface area contributed by atoms with Crippen molar-refractivity contribution in [3.63, 3.8) is 0 Å². The number of nitrogens with zero attached hydrogens (tertiary/aromatic N) is 3. The Kier molecular flexibility index (Phi) is 3.78. The van der Waals surface area contributed by atoms with E-state index >= 15 is 0 Å². The Hall–Kier alpha value is -3.41. The lowest BCUT2D eigenvalue weighted by atomic mass is 10.0. The van der Waals surface area contributed by atoms with E-state index in [1.807, 2.05) is 48.5 Å². The maximum Gasteiger partial charge on any atom is 0.250 e. The van der Waals surface area contributed by atoms with Crippen LogP contribution in [0.25, 0.3) is 5.70 Å². The Morgan fingerprint density at radius 3 is 2.44 bits per heavy atom. The molecule has 4 rings (SSSR count). The summed E-state index contributed by atoms with van der Waals surface area (Å²) in [6, 6.07) is 20.0. The Morgan fingerprint density at radius 1 is 1.08 bits per heavy atom. The molecular formula is C19H17N5O. The molecule has 2 aromatic carbocycles. The lowest BCUT2D eigenvalue weighted by molar-refractivity contribution is -0.114. The zero-order valence-electron chi connectivity index (χ0n) is 13.7. The SMILES string of the molecule is CC(=O)Nc1nc2n(n1)[C@H](c1ccccc1)C=C(c1ccccc1)N2. The van der Waals surface area contributed by atoms with Gasteiger partial charge in [-0.2, -0.15) is 4.98 Å². The van der Waals surface area contributed by atoms with Crippen molar-refractivity contribution in [1.29, 1.82) is 0 Å². The van der Waals surface area contributed by atoms with Crippen LogP contribution < -0.4 is 10.6 Å². The molecule has 1 aromatic heterocycles. The quantitative estimate of drug-likeness (QED) is 0.772. The van der Waals surface area contributed by atoms with Gasteiger partial charge in [0.1, 0.15) is 6.04 Å². The van der Waals surface area contributed by atoms with Crippen molar-refractivity contribution in [3.8, 4) is 0 Å². The summed E-state index contributed by atoms with van der Waals surface area (Å²) >= 11 is 0. The van der Waals surface area contributed by atoms with Gasteiger partial charge in [0.25, 0.3) is 5.95 Å². The number of anilines is 2. The fraction of sp³-hybridized carbons (Fsp3) is 0.105. The zero-order chi connectivity index (χ0) is 17.2. The fourth-order valence-corrected chi connectivity index (χ4v) is 2.88. The maximum atomic E-state index is 11.3. The number of hydrogen-bond donors (Lipinski definition) is 2. The maximum absolute atomic E-state index is 11.3. The second-order valence-corrected chi connectivity index (χ2v) is 5.81. The number of rotatable bonds is 3. The van der Waals surface area contributed by atoms with Crippen molar-refractivity contribution in [2.24, 2.45) is 0 Å². The second-order valence-electron chi connectivity index (χ2n) is 5.81. The van der Waals surface area contributed by atoms with Gasteiger partial charge in [-0.25, -0.2) is 4.68 Å². The van der Waals surface area contributed by atoms with Crippen molar-refractivity contribution >= 4 is 23.5 Å². The number of nitrogens with one attached hydrogen (secondary N) is 2. The summed E-state index contributed by atoms with van der Waals surface area (Å²) in [7, 11) is 0. The second kappa shape index (κ2) is 6.24. The van der Waals surface area contributed by atoms with Crippen LogP contribution in [0, 0.1) is 0 Å². The number of hydrogen-bond acceptors (Lipinski definition) is 4. The van der Waals surface area contributed by atoms with Crippen LogP contribution in [0.3, 0.4) is 0 Å². The van der Waals surface area contributed by atoms with E-state index in [4.69, 9.17) is 0 Å². The number of carbonyl (C=O) groups excluding carboxylic acids is 1. The Balaban J connectivity index is 1.80. The molecule has 2 heterocycles. The summed E-state index contributed by atoms with van der Waals surface area (Å²) in [6.45, 7) is 1.44. The third-order valence-corrected chi connectivity index (χ3v) is 3.98. The normalized spacial score (nSPS) is 15.7. The van der Waals surface area contributed by atoms with Crippen LogP contribution in [0.5, 0.6) is 0 Å². The van der Waals surface area contributed by atoms with Crippen molar-refractivity contribution in [3.05, 3.63) is 77.9 Å². The first-order chi connectivity index (χ1) is 12.2.